The molecule has 2 aromatic heterocycles. The minimum Gasteiger partial charge on any atom is -0.348 e. The maximum Gasteiger partial charge on any atom is 0.222 e. The number of aromatic nitrogens is 2. The molecule has 1 atom stereocenters. The number of aryl methyl sites for hydroxylation is 1. The van der Waals surface area contributed by atoms with Crippen molar-refractivity contribution in [3.8, 4) is 0 Å². The Balaban J connectivity index is 1.46. The molecule has 6 heteroatoms. The molecule has 0 bridgehead atoms. The van der Waals surface area contributed by atoms with Crippen LogP contribution in [0.5, 0.6) is 0 Å². The van der Waals surface area contributed by atoms with Crippen molar-refractivity contribution in [2.24, 2.45) is 5.92 Å². The molecule has 3 aromatic rings. The molecule has 0 saturated heterocycles. The standard InChI is InChI=1S/C21H23N3O2S/c25-18-14-22-24(17-9-4-3-8-16(17)18)12-11-20(26)23-21(15-6-1-2-7-15)19-10-5-13-27-19/h3-5,8-10,13-15,21H,1-2,6-7,11-12H2,(H,23,26). The highest BCUT2D eigenvalue weighted by molar-refractivity contribution is 7.10. The molecule has 1 aliphatic rings. The number of hydrogen-bond donors (Lipinski definition) is 1. The second-order valence-electron chi connectivity index (χ2n) is 7.10. The van der Waals surface area contributed by atoms with Crippen LogP contribution in [0.3, 0.4) is 0 Å². The SMILES string of the molecule is O=C(CCn1ncc(=O)c2ccccc21)NC(c1cccs1)C1CCCC1. The zero-order valence-electron chi connectivity index (χ0n) is 15.1. The molecule has 0 radical (unpaired) electrons. The fourth-order valence-corrected chi connectivity index (χ4v) is 4.84. The fraction of sp³-hybridized carbons (Fsp3) is 0.381. The van der Waals surface area contributed by atoms with Crippen LogP contribution < -0.4 is 10.7 Å². The summed E-state index contributed by atoms with van der Waals surface area (Å²) in [6.07, 6.45) is 6.51. The predicted molar refractivity (Wildman–Crippen MR) is 108 cm³/mol. The Bertz CT molecular complexity index is 975. The summed E-state index contributed by atoms with van der Waals surface area (Å²) in [6, 6.07) is 11.7. The second-order valence-corrected chi connectivity index (χ2v) is 8.08. The van der Waals surface area contributed by atoms with Crippen molar-refractivity contribution in [1.29, 1.82) is 0 Å². The van der Waals surface area contributed by atoms with E-state index in [1.165, 1.54) is 36.8 Å². The van der Waals surface area contributed by atoms with Crippen molar-refractivity contribution < 1.29 is 4.79 Å². The van der Waals surface area contributed by atoms with Gasteiger partial charge in [-0.25, -0.2) is 0 Å². The third-order valence-electron chi connectivity index (χ3n) is 5.35. The number of amides is 1. The van der Waals surface area contributed by atoms with Gasteiger partial charge >= 0.3 is 0 Å². The molecule has 0 aliphatic heterocycles. The number of nitrogens with zero attached hydrogens (tertiary/aromatic N) is 2. The number of hydrogen-bond acceptors (Lipinski definition) is 4. The molecule has 5 nitrogen and oxygen atoms in total. The minimum atomic E-state index is -0.0923. The predicted octanol–water partition coefficient (Wildman–Crippen LogP) is 3.90. The summed E-state index contributed by atoms with van der Waals surface area (Å²) in [7, 11) is 0. The van der Waals surface area contributed by atoms with Gasteiger partial charge in [0.15, 0.2) is 0 Å². The molecule has 27 heavy (non-hydrogen) atoms. The third-order valence-corrected chi connectivity index (χ3v) is 6.31. The van der Waals surface area contributed by atoms with Crippen molar-refractivity contribution in [3.63, 3.8) is 0 Å². The molecule has 1 aromatic carbocycles. The Labute approximate surface area is 162 Å². The Morgan fingerprint density at radius 1 is 1.22 bits per heavy atom. The van der Waals surface area contributed by atoms with Gasteiger partial charge in [0.1, 0.15) is 0 Å². The molecule has 1 N–H and O–H groups in total. The van der Waals surface area contributed by atoms with Crippen molar-refractivity contribution in [2.75, 3.05) is 0 Å². The summed E-state index contributed by atoms with van der Waals surface area (Å²) in [5.74, 6) is 0.559. The number of thiophene rings is 1. The van der Waals surface area contributed by atoms with Gasteiger partial charge in [0, 0.05) is 16.7 Å². The summed E-state index contributed by atoms with van der Waals surface area (Å²) in [4.78, 5) is 25.8. The topological polar surface area (TPSA) is 64.0 Å². The highest BCUT2D eigenvalue weighted by Crippen LogP contribution is 2.37. The van der Waals surface area contributed by atoms with Gasteiger partial charge in [0.25, 0.3) is 0 Å². The smallest absolute Gasteiger partial charge is 0.222 e. The van der Waals surface area contributed by atoms with Crippen LogP contribution in [0.15, 0.2) is 52.8 Å². The van der Waals surface area contributed by atoms with Crippen LogP contribution in [-0.2, 0) is 11.3 Å². The molecular formula is C21H23N3O2S. The normalized spacial score (nSPS) is 15.9. The number of rotatable bonds is 6. The molecule has 1 saturated carbocycles. The molecule has 1 fully saturated rings. The number of para-hydroxylation sites is 1. The van der Waals surface area contributed by atoms with Crippen LogP contribution in [0.25, 0.3) is 10.9 Å². The van der Waals surface area contributed by atoms with Crippen molar-refractivity contribution >= 4 is 28.1 Å². The molecule has 1 unspecified atom stereocenters. The second kappa shape index (κ2) is 8.05. The van der Waals surface area contributed by atoms with Gasteiger partial charge in [-0.3, -0.25) is 14.3 Å². The summed E-state index contributed by atoms with van der Waals surface area (Å²) < 4.78 is 1.74. The largest absolute Gasteiger partial charge is 0.348 e. The molecule has 1 amide bonds. The zero-order chi connectivity index (χ0) is 18.6. The number of fused-ring (bicyclic) bond motifs is 1. The van der Waals surface area contributed by atoms with Gasteiger partial charge in [0.05, 0.1) is 24.3 Å². The number of carbonyl (C=O) groups excluding carboxylic acids is 1. The molecule has 1 aliphatic carbocycles. The minimum absolute atomic E-state index is 0.0323. The van der Waals surface area contributed by atoms with Gasteiger partial charge in [-0.2, -0.15) is 5.10 Å². The van der Waals surface area contributed by atoms with E-state index in [1.54, 1.807) is 22.1 Å². The first-order valence-electron chi connectivity index (χ1n) is 9.50. The lowest BCUT2D eigenvalue weighted by Gasteiger charge is -2.24. The van der Waals surface area contributed by atoms with Crippen molar-refractivity contribution in [1.82, 2.24) is 15.1 Å². The Hall–Kier alpha value is -2.47. The first-order chi connectivity index (χ1) is 13.2. The van der Waals surface area contributed by atoms with Crippen LogP contribution in [-0.4, -0.2) is 15.7 Å². The van der Waals surface area contributed by atoms with E-state index >= 15 is 0 Å². The highest BCUT2D eigenvalue weighted by Gasteiger charge is 2.28. The maximum absolute atomic E-state index is 12.7. The van der Waals surface area contributed by atoms with Gasteiger partial charge in [-0.05, 0) is 42.3 Å². The summed E-state index contributed by atoms with van der Waals surface area (Å²) in [6.45, 7) is 0.453. The highest BCUT2D eigenvalue weighted by atomic mass is 32.1. The Kier molecular flexibility index (Phi) is 5.34. The van der Waals surface area contributed by atoms with Crippen molar-refractivity contribution in [3.05, 3.63) is 63.1 Å². The summed E-state index contributed by atoms with van der Waals surface area (Å²) in [5.41, 5.74) is 0.675. The fourth-order valence-electron chi connectivity index (χ4n) is 3.97. The van der Waals surface area contributed by atoms with E-state index in [1.807, 2.05) is 24.3 Å². The summed E-state index contributed by atoms with van der Waals surface area (Å²) in [5, 5.41) is 10.2. The number of benzene rings is 1. The lowest BCUT2D eigenvalue weighted by molar-refractivity contribution is -0.122. The first kappa shape index (κ1) is 17.9. The average Bonchev–Trinajstić information content (AvgIpc) is 3.40. The van der Waals surface area contributed by atoms with Gasteiger partial charge in [-0.1, -0.05) is 31.0 Å². The Morgan fingerprint density at radius 2 is 2.04 bits per heavy atom. The number of nitrogens with one attached hydrogen (secondary N) is 1. The molecule has 2 heterocycles. The molecular weight excluding hydrogens is 358 g/mol. The summed E-state index contributed by atoms with van der Waals surface area (Å²) >= 11 is 1.71. The average molecular weight is 382 g/mol. The van der Waals surface area contributed by atoms with E-state index in [-0.39, 0.29) is 17.4 Å². The third kappa shape index (κ3) is 3.95. The van der Waals surface area contributed by atoms with Crippen LogP contribution in [0.2, 0.25) is 0 Å². The molecule has 0 spiro atoms. The molecule has 140 valence electrons. The van der Waals surface area contributed by atoms with Crippen LogP contribution >= 0.6 is 11.3 Å². The van der Waals surface area contributed by atoms with Gasteiger partial charge in [-0.15, -0.1) is 11.3 Å². The van der Waals surface area contributed by atoms with Crippen LogP contribution in [0, 0.1) is 5.92 Å². The lowest BCUT2D eigenvalue weighted by Crippen LogP contribution is -2.33. The monoisotopic (exact) mass is 381 g/mol. The van der Waals surface area contributed by atoms with E-state index in [0.717, 1.165) is 5.52 Å². The lowest BCUT2D eigenvalue weighted by atomic mass is 9.96. The van der Waals surface area contributed by atoms with E-state index in [9.17, 15) is 9.59 Å². The van der Waals surface area contributed by atoms with E-state index in [2.05, 4.69) is 21.9 Å². The number of carbonyl (C=O) groups is 1. The van der Waals surface area contributed by atoms with Gasteiger partial charge in [0.2, 0.25) is 11.3 Å². The Morgan fingerprint density at radius 3 is 2.81 bits per heavy atom. The van der Waals surface area contributed by atoms with Gasteiger partial charge < -0.3 is 5.32 Å². The molecule has 4 rings (SSSR count). The first-order valence-corrected chi connectivity index (χ1v) is 10.4. The van der Waals surface area contributed by atoms with E-state index in [4.69, 9.17) is 0 Å². The van der Waals surface area contributed by atoms with Crippen LogP contribution in [0.1, 0.15) is 43.0 Å². The quantitative estimate of drug-likeness (QED) is 0.704. The van der Waals surface area contributed by atoms with E-state index < -0.39 is 0 Å². The zero-order valence-corrected chi connectivity index (χ0v) is 16.0. The maximum atomic E-state index is 12.7. The van der Waals surface area contributed by atoms with E-state index in [0.29, 0.717) is 24.3 Å². The van der Waals surface area contributed by atoms with Crippen molar-refractivity contribution in [2.45, 2.75) is 44.7 Å². The van der Waals surface area contributed by atoms with Crippen LogP contribution in [0.4, 0.5) is 0 Å².